The fourth-order valence-electron chi connectivity index (χ4n) is 1.93. The lowest BCUT2D eigenvalue weighted by atomic mass is 10.1. The van der Waals surface area contributed by atoms with Crippen molar-refractivity contribution in [1.29, 1.82) is 5.26 Å². The normalized spacial score (nSPS) is 11.3. The number of methoxy groups -OCH3 is 1. The SMILES string of the molecule is COC(=O)C(Nc1cc(Br)ccc1C#N)c1ccccc1. The second-order valence-electron chi connectivity index (χ2n) is 4.31. The lowest BCUT2D eigenvalue weighted by molar-refractivity contribution is -0.141. The van der Waals surface area contributed by atoms with Crippen LogP contribution in [0, 0.1) is 11.3 Å². The Labute approximate surface area is 131 Å². The van der Waals surface area contributed by atoms with Crippen LogP contribution in [0.2, 0.25) is 0 Å². The molecular formula is C16H13BrN2O2. The third kappa shape index (κ3) is 3.61. The molecule has 2 rings (SSSR count). The number of esters is 1. The highest BCUT2D eigenvalue weighted by Gasteiger charge is 2.22. The van der Waals surface area contributed by atoms with Crippen LogP contribution in [-0.4, -0.2) is 13.1 Å². The molecule has 106 valence electrons. The predicted octanol–water partition coefficient (Wildman–Crippen LogP) is 3.65. The quantitative estimate of drug-likeness (QED) is 0.860. The maximum Gasteiger partial charge on any atom is 0.332 e. The lowest BCUT2D eigenvalue weighted by Gasteiger charge is -2.19. The fourth-order valence-corrected chi connectivity index (χ4v) is 2.29. The van der Waals surface area contributed by atoms with Crippen LogP contribution in [0.4, 0.5) is 5.69 Å². The van der Waals surface area contributed by atoms with Gasteiger partial charge in [0, 0.05) is 4.47 Å². The fraction of sp³-hybridized carbons (Fsp3) is 0.125. The molecule has 0 saturated carbocycles. The minimum Gasteiger partial charge on any atom is -0.467 e. The predicted molar refractivity (Wildman–Crippen MR) is 83.7 cm³/mol. The van der Waals surface area contributed by atoms with E-state index in [9.17, 15) is 4.79 Å². The van der Waals surface area contributed by atoms with Crippen molar-refractivity contribution in [2.45, 2.75) is 6.04 Å². The van der Waals surface area contributed by atoms with Crippen LogP contribution in [0.1, 0.15) is 17.2 Å². The van der Waals surface area contributed by atoms with E-state index in [0.29, 0.717) is 11.3 Å². The van der Waals surface area contributed by atoms with E-state index < -0.39 is 12.0 Å². The van der Waals surface area contributed by atoms with Gasteiger partial charge in [0.1, 0.15) is 6.07 Å². The average Bonchev–Trinajstić information content (AvgIpc) is 2.53. The van der Waals surface area contributed by atoms with E-state index in [2.05, 4.69) is 27.3 Å². The van der Waals surface area contributed by atoms with Crippen LogP contribution >= 0.6 is 15.9 Å². The molecule has 21 heavy (non-hydrogen) atoms. The number of nitriles is 1. The molecule has 1 N–H and O–H groups in total. The molecular weight excluding hydrogens is 332 g/mol. The van der Waals surface area contributed by atoms with Gasteiger partial charge in [-0.3, -0.25) is 0 Å². The Kier molecular flexibility index (Phi) is 4.96. The number of carbonyl (C=O) groups excluding carboxylic acids is 1. The maximum absolute atomic E-state index is 12.0. The highest BCUT2D eigenvalue weighted by Crippen LogP contribution is 2.26. The number of halogens is 1. The summed E-state index contributed by atoms with van der Waals surface area (Å²) in [5.74, 6) is -0.412. The average molecular weight is 345 g/mol. The van der Waals surface area contributed by atoms with Crippen molar-refractivity contribution in [1.82, 2.24) is 0 Å². The second-order valence-corrected chi connectivity index (χ2v) is 5.23. The van der Waals surface area contributed by atoms with E-state index in [1.807, 2.05) is 30.3 Å². The summed E-state index contributed by atoms with van der Waals surface area (Å²) in [6.07, 6.45) is 0. The molecule has 0 spiro atoms. The number of rotatable bonds is 4. The van der Waals surface area contributed by atoms with E-state index in [1.54, 1.807) is 18.2 Å². The number of nitrogens with one attached hydrogen (secondary N) is 1. The summed E-state index contributed by atoms with van der Waals surface area (Å²) in [6, 6.07) is 15.9. The van der Waals surface area contributed by atoms with Gasteiger partial charge in [0.2, 0.25) is 0 Å². The second kappa shape index (κ2) is 6.91. The molecule has 0 aromatic heterocycles. The zero-order valence-corrected chi connectivity index (χ0v) is 12.9. The summed E-state index contributed by atoms with van der Waals surface area (Å²) < 4.78 is 5.67. The van der Waals surface area contributed by atoms with Crippen LogP contribution in [0.3, 0.4) is 0 Å². The Morgan fingerprint density at radius 1 is 1.29 bits per heavy atom. The van der Waals surface area contributed by atoms with Crippen molar-refractivity contribution in [3.63, 3.8) is 0 Å². The molecule has 0 bridgehead atoms. The van der Waals surface area contributed by atoms with Gasteiger partial charge in [-0.2, -0.15) is 5.26 Å². The molecule has 2 aromatic carbocycles. The van der Waals surface area contributed by atoms with Gasteiger partial charge in [-0.1, -0.05) is 46.3 Å². The molecule has 0 aliphatic heterocycles. The van der Waals surface area contributed by atoms with Crippen molar-refractivity contribution in [2.75, 3.05) is 12.4 Å². The topological polar surface area (TPSA) is 62.1 Å². The van der Waals surface area contributed by atoms with E-state index in [4.69, 9.17) is 10.00 Å². The van der Waals surface area contributed by atoms with E-state index in [1.165, 1.54) is 7.11 Å². The molecule has 0 aliphatic rings. The summed E-state index contributed by atoms with van der Waals surface area (Å²) in [7, 11) is 1.34. The highest BCUT2D eigenvalue weighted by atomic mass is 79.9. The first-order valence-corrected chi connectivity index (χ1v) is 7.04. The number of hydrogen-bond acceptors (Lipinski definition) is 4. The minimum absolute atomic E-state index is 0.412. The first-order valence-electron chi connectivity index (χ1n) is 6.24. The molecule has 0 heterocycles. The number of hydrogen-bond donors (Lipinski definition) is 1. The Morgan fingerprint density at radius 2 is 2.00 bits per heavy atom. The first kappa shape index (κ1) is 15.1. The van der Waals surface area contributed by atoms with E-state index >= 15 is 0 Å². The first-order chi connectivity index (χ1) is 10.2. The van der Waals surface area contributed by atoms with Crippen molar-refractivity contribution >= 4 is 27.6 Å². The monoisotopic (exact) mass is 344 g/mol. The Bertz CT molecular complexity index is 680. The minimum atomic E-state index is -0.669. The molecule has 0 saturated heterocycles. The molecule has 2 aromatic rings. The highest BCUT2D eigenvalue weighted by molar-refractivity contribution is 9.10. The third-order valence-corrected chi connectivity index (χ3v) is 3.46. The van der Waals surface area contributed by atoms with Gasteiger partial charge in [0.25, 0.3) is 0 Å². The number of ether oxygens (including phenoxy) is 1. The number of nitrogens with zero attached hydrogens (tertiary/aromatic N) is 1. The summed E-state index contributed by atoms with van der Waals surface area (Å²) in [4.78, 5) is 12.0. The third-order valence-electron chi connectivity index (χ3n) is 2.97. The van der Waals surface area contributed by atoms with Gasteiger partial charge in [-0.25, -0.2) is 4.79 Å². The number of benzene rings is 2. The standard InChI is InChI=1S/C16H13BrN2O2/c1-21-16(20)15(11-5-3-2-4-6-11)19-14-9-13(17)8-7-12(14)10-18/h2-9,15,19H,1H3. The van der Waals surface area contributed by atoms with Crippen LogP contribution in [0.5, 0.6) is 0 Å². The zero-order chi connectivity index (χ0) is 15.2. The molecule has 1 unspecified atom stereocenters. The molecule has 0 fully saturated rings. The Balaban J connectivity index is 2.39. The lowest BCUT2D eigenvalue weighted by Crippen LogP contribution is -2.22. The van der Waals surface area contributed by atoms with Gasteiger partial charge < -0.3 is 10.1 Å². The number of carbonyl (C=O) groups is 1. The van der Waals surface area contributed by atoms with Crippen molar-refractivity contribution < 1.29 is 9.53 Å². The summed E-state index contributed by atoms with van der Waals surface area (Å²) in [5, 5.41) is 12.2. The Hall–Kier alpha value is -2.32. The van der Waals surface area contributed by atoms with Crippen LogP contribution in [-0.2, 0) is 9.53 Å². The molecule has 0 radical (unpaired) electrons. The zero-order valence-electron chi connectivity index (χ0n) is 11.3. The van der Waals surface area contributed by atoms with E-state index in [0.717, 1.165) is 10.0 Å². The molecule has 5 heteroatoms. The van der Waals surface area contributed by atoms with Crippen molar-refractivity contribution in [3.05, 3.63) is 64.1 Å². The summed E-state index contributed by atoms with van der Waals surface area (Å²) >= 11 is 3.36. The largest absolute Gasteiger partial charge is 0.467 e. The van der Waals surface area contributed by atoms with Crippen LogP contribution in [0.15, 0.2) is 53.0 Å². The van der Waals surface area contributed by atoms with Gasteiger partial charge in [-0.05, 0) is 23.8 Å². The van der Waals surface area contributed by atoms with Gasteiger partial charge >= 0.3 is 5.97 Å². The molecule has 0 amide bonds. The summed E-state index contributed by atoms with van der Waals surface area (Å²) in [6.45, 7) is 0. The molecule has 1 atom stereocenters. The molecule has 4 nitrogen and oxygen atoms in total. The van der Waals surface area contributed by atoms with Gasteiger partial charge in [0.05, 0.1) is 18.4 Å². The van der Waals surface area contributed by atoms with Gasteiger partial charge in [-0.15, -0.1) is 0 Å². The Morgan fingerprint density at radius 3 is 2.62 bits per heavy atom. The van der Waals surface area contributed by atoms with Crippen LogP contribution < -0.4 is 5.32 Å². The van der Waals surface area contributed by atoms with Crippen LogP contribution in [0.25, 0.3) is 0 Å². The van der Waals surface area contributed by atoms with Gasteiger partial charge in [0.15, 0.2) is 6.04 Å². The van der Waals surface area contributed by atoms with Crippen molar-refractivity contribution in [3.8, 4) is 6.07 Å². The summed E-state index contributed by atoms with van der Waals surface area (Å²) in [5.41, 5.74) is 1.81. The smallest absolute Gasteiger partial charge is 0.332 e. The number of anilines is 1. The van der Waals surface area contributed by atoms with E-state index in [-0.39, 0.29) is 0 Å². The molecule has 0 aliphatic carbocycles. The van der Waals surface area contributed by atoms with Crippen molar-refractivity contribution in [2.24, 2.45) is 0 Å². The maximum atomic E-state index is 12.0.